The molecule has 1 aliphatic rings. The van der Waals surface area contributed by atoms with Gasteiger partial charge < -0.3 is 10.0 Å². The van der Waals surface area contributed by atoms with Gasteiger partial charge in [0.05, 0.1) is 0 Å². The van der Waals surface area contributed by atoms with Gasteiger partial charge in [0.25, 0.3) is 0 Å². The minimum atomic E-state index is 0.0366. The number of amides is 1. The number of carbonyl (C=O) groups is 1. The fourth-order valence-corrected chi connectivity index (χ4v) is 2.47. The molecule has 0 aromatic heterocycles. The molecule has 1 aliphatic heterocycles. The maximum Gasteiger partial charge on any atom is 0.246 e. The molecule has 0 spiro atoms. The van der Waals surface area contributed by atoms with Crippen molar-refractivity contribution < 1.29 is 9.90 Å². The molecular weight excluding hydrogens is 238 g/mol. The van der Waals surface area contributed by atoms with E-state index < -0.39 is 0 Å². The van der Waals surface area contributed by atoms with Crippen molar-refractivity contribution in [1.82, 2.24) is 4.90 Å². The van der Waals surface area contributed by atoms with Crippen LogP contribution in [-0.2, 0) is 4.79 Å². The minimum absolute atomic E-state index is 0.0366. The highest BCUT2D eigenvalue weighted by Gasteiger charge is 2.27. The molecule has 1 amide bonds. The quantitative estimate of drug-likeness (QED) is 0.846. The van der Waals surface area contributed by atoms with Gasteiger partial charge in [0.15, 0.2) is 0 Å². The molecule has 1 saturated heterocycles. The Labute approximate surface area is 114 Å². The van der Waals surface area contributed by atoms with E-state index in [4.69, 9.17) is 0 Å². The van der Waals surface area contributed by atoms with Crippen LogP contribution in [-0.4, -0.2) is 35.1 Å². The number of aliphatic hydroxyl groups is 1. The normalized spacial score (nSPS) is 23.8. The zero-order valence-corrected chi connectivity index (χ0v) is 11.3. The van der Waals surface area contributed by atoms with Crippen LogP contribution in [0.3, 0.4) is 0 Å². The molecule has 3 heteroatoms. The molecule has 0 radical (unpaired) electrons. The van der Waals surface area contributed by atoms with Crippen molar-refractivity contribution >= 4 is 12.0 Å². The standard InChI is InChI=1S/C16H21NO2/c1-13-7-8-15(12-18)11-17(13)16(19)10-9-14-5-3-2-4-6-14/h2-6,9-10,13,15,18H,7-8,11-12H2,1H3. The van der Waals surface area contributed by atoms with Gasteiger partial charge in [-0.25, -0.2) is 0 Å². The number of likely N-dealkylation sites (tertiary alicyclic amines) is 1. The Bertz CT molecular complexity index is 441. The highest BCUT2D eigenvalue weighted by atomic mass is 16.3. The van der Waals surface area contributed by atoms with E-state index in [2.05, 4.69) is 6.92 Å². The molecule has 0 aliphatic carbocycles. The Morgan fingerprint density at radius 3 is 2.79 bits per heavy atom. The van der Waals surface area contributed by atoms with Crippen molar-refractivity contribution in [1.29, 1.82) is 0 Å². The predicted molar refractivity (Wildman–Crippen MR) is 76.5 cm³/mol. The molecule has 1 N–H and O–H groups in total. The second kappa shape index (κ2) is 6.53. The Balaban J connectivity index is 2.00. The topological polar surface area (TPSA) is 40.5 Å². The highest BCUT2D eigenvalue weighted by Crippen LogP contribution is 2.21. The summed E-state index contributed by atoms with van der Waals surface area (Å²) in [5, 5.41) is 9.23. The Kier molecular flexibility index (Phi) is 4.74. The van der Waals surface area contributed by atoms with Gasteiger partial charge in [-0.05, 0) is 37.3 Å². The molecular formula is C16H21NO2. The molecule has 0 bridgehead atoms. The summed E-state index contributed by atoms with van der Waals surface area (Å²) in [4.78, 5) is 14.1. The van der Waals surface area contributed by atoms with Gasteiger partial charge in [-0.15, -0.1) is 0 Å². The second-order valence-corrected chi connectivity index (χ2v) is 5.21. The first-order valence-electron chi connectivity index (χ1n) is 6.85. The maximum absolute atomic E-state index is 12.2. The number of carbonyl (C=O) groups excluding carboxylic acids is 1. The van der Waals surface area contributed by atoms with E-state index in [1.165, 1.54) is 0 Å². The number of hydrogen-bond donors (Lipinski definition) is 1. The summed E-state index contributed by atoms with van der Waals surface area (Å²) in [6.45, 7) is 2.90. The molecule has 2 atom stereocenters. The first kappa shape index (κ1) is 13.8. The number of hydrogen-bond acceptors (Lipinski definition) is 2. The van der Waals surface area contributed by atoms with Crippen LogP contribution < -0.4 is 0 Å². The fourth-order valence-electron chi connectivity index (χ4n) is 2.47. The monoisotopic (exact) mass is 259 g/mol. The van der Waals surface area contributed by atoms with Gasteiger partial charge in [0, 0.05) is 25.3 Å². The lowest BCUT2D eigenvalue weighted by molar-refractivity contribution is -0.130. The van der Waals surface area contributed by atoms with Gasteiger partial charge >= 0.3 is 0 Å². The third kappa shape index (κ3) is 3.67. The average Bonchev–Trinajstić information content (AvgIpc) is 2.46. The number of rotatable bonds is 3. The molecule has 2 rings (SSSR count). The van der Waals surface area contributed by atoms with Crippen molar-refractivity contribution in [2.45, 2.75) is 25.8 Å². The molecule has 1 fully saturated rings. The van der Waals surface area contributed by atoms with Crippen LogP contribution in [0.5, 0.6) is 0 Å². The lowest BCUT2D eigenvalue weighted by Crippen LogP contribution is -2.45. The average molecular weight is 259 g/mol. The van der Waals surface area contributed by atoms with Crippen LogP contribution in [0.1, 0.15) is 25.3 Å². The summed E-state index contributed by atoms with van der Waals surface area (Å²) in [5.74, 6) is 0.264. The Hall–Kier alpha value is -1.61. The Morgan fingerprint density at radius 2 is 2.11 bits per heavy atom. The predicted octanol–water partition coefficient (Wildman–Crippen LogP) is 2.32. The van der Waals surface area contributed by atoms with E-state index in [1.54, 1.807) is 6.08 Å². The number of nitrogens with zero attached hydrogens (tertiary/aromatic N) is 1. The zero-order valence-electron chi connectivity index (χ0n) is 11.3. The fraction of sp³-hybridized carbons (Fsp3) is 0.438. The van der Waals surface area contributed by atoms with Gasteiger partial charge in [-0.1, -0.05) is 30.3 Å². The SMILES string of the molecule is CC1CCC(CO)CN1C(=O)C=Cc1ccccc1. The van der Waals surface area contributed by atoms with Crippen LogP contribution in [0.25, 0.3) is 6.08 Å². The van der Waals surface area contributed by atoms with Crippen molar-refractivity contribution in [2.24, 2.45) is 5.92 Å². The third-order valence-corrected chi connectivity index (χ3v) is 3.74. The molecule has 3 nitrogen and oxygen atoms in total. The van der Waals surface area contributed by atoms with Crippen molar-refractivity contribution in [3.63, 3.8) is 0 Å². The van der Waals surface area contributed by atoms with E-state index in [1.807, 2.05) is 41.3 Å². The van der Waals surface area contributed by atoms with E-state index >= 15 is 0 Å². The summed E-state index contributed by atoms with van der Waals surface area (Å²) < 4.78 is 0. The highest BCUT2D eigenvalue weighted by molar-refractivity contribution is 5.92. The lowest BCUT2D eigenvalue weighted by Gasteiger charge is -2.36. The molecule has 2 unspecified atom stereocenters. The van der Waals surface area contributed by atoms with Gasteiger partial charge in [-0.3, -0.25) is 4.79 Å². The lowest BCUT2D eigenvalue weighted by atomic mass is 9.94. The minimum Gasteiger partial charge on any atom is -0.396 e. The summed E-state index contributed by atoms with van der Waals surface area (Å²) in [6, 6.07) is 10.1. The third-order valence-electron chi connectivity index (χ3n) is 3.74. The Morgan fingerprint density at radius 1 is 1.37 bits per heavy atom. The maximum atomic E-state index is 12.2. The zero-order chi connectivity index (χ0) is 13.7. The van der Waals surface area contributed by atoms with Crippen LogP contribution in [0, 0.1) is 5.92 Å². The summed E-state index contributed by atoms with van der Waals surface area (Å²) in [6.07, 6.45) is 5.45. The molecule has 1 aromatic rings. The second-order valence-electron chi connectivity index (χ2n) is 5.21. The smallest absolute Gasteiger partial charge is 0.246 e. The van der Waals surface area contributed by atoms with Gasteiger partial charge in [-0.2, -0.15) is 0 Å². The summed E-state index contributed by atoms with van der Waals surface area (Å²) >= 11 is 0. The van der Waals surface area contributed by atoms with Crippen LogP contribution in [0.2, 0.25) is 0 Å². The number of benzene rings is 1. The number of aliphatic hydroxyl groups excluding tert-OH is 1. The molecule has 19 heavy (non-hydrogen) atoms. The van der Waals surface area contributed by atoms with Crippen molar-refractivity contribution in [2.75, 3.05) is 13.2 Å². The first-order chi connectivity index (χ1) is 9.20. The van der Waals surface area contributed by atoms with Crippen molar-refractivity contribution in [3.8, 4) is 0 Å². The largest absolute Gasteiger partial charge is 0.396 e. The molecule has 0 saturated carbocycles. The van der Waals surface area contributed by atoms with E-state index in [0.29, 0.717) is 6.54 Å². The van der Waals surface area contributed by atoms with Crippen molar-refractivity contribution in [3.05, 3.63) is 42.0 Å². The van der Waals surface area contributed by atoms with Gasteiger partial charge in [0.1, 0.15) is 0 Å². The first-order valence-corrected chi connectivity index (χ1v) is 6.85. The van der Waals surface area contributed by atoms with E-state index in [9.17, 15) is 9.90 Å². The summed E-state index contributed by atoms with van der Waals surface area (Å²) in [7, 11) is 0. The van der Waals surface area contributed by atoms with E-state index in [-0.39, 0.29) is 24.5 Å². The molecule has 102 valence electrons. The van der Waals surface area contributed by atoms with Crippen LogP contribution in [0.4, 0.5) is 0 Å². The summed E-state index contributed by atoms with van der Waals surface area (Å²) in [5.41, 5.74) is 1.03. The van der Waals surface area contributed by atoms with E-state index in [0.717, 1.165) is 18.4 Å². The van der Waals surface area contributed by atoms with Gasteiger partial charge in [0.2, 0.25) is 5.91 Å². The number of piperidine rings is 1. The molecule has 1 aromatic carbocycles. The van der Waals surface area contributed by atoms with Crippen LogP contribution in [0.15, 0.2) is 36.4 Å². The van der Waals surface area contributed by atoms with Crippen LogP contribution >= 0.6 is 0 Å². The molecule has 1 heterocycles.